The van der Waals surface area contributed by atoms with Crippen molar-refractivity contribution in [1.82, 2.24) is 0 Å². The molecule has 1 heterocycles. The zero-order valence-electron chi connectivity index (χ0n) is 12.7. The minimum Gasteiger partial charge on any atom is -0.507 e. The highest BCUT2D eigenvalue weighted by Crippen LogP contribution is 2.37. The van der Waals surface area contributed by atoms with Crippen molar-refractivity contribution in [1.29, 1.82) is 0 Å². The van der Waals surface area contributed by atoms with Gasteiger partial charge in [0, 0.05) is 5.92 Å². The molecule has 0 aliphatic rings. The number of para-hydroxylation sites is 1. The number of carboxylic acid groups (broad SMARTS) is 1. The summed E-state index contributed by atoms with van der Waals surface area (Å²) in [7, 11) is 0. The molecule has 2 N–H and O–H groups in total. The highest BCUT2D eigenvalue weighted by Gasteiger charge is 2.27. The van der Waals surface area contributed by atoms with Gasteiger partial charge in [0.15, 0.2) is 0 Å². The largest absolute Gasteiger partial charge is 0.507 e. The second-order valence-corrected chi connectivity index (χ2v) is 6.29. The van der Waals surface area contributed by atoms with Gasteiger partial charge in [-0.1, -0.05) is 41.4 Å². The predicted octanol–water partition coefficient (Wildman–Crippen LogP) is 4.41. The van der Waals surface area contributed by atoms with Crippen LogP contribution in [0, 0.1) is 0 Å². The van der Waals surface area contributed by atoms with Crippen molar-refractivity contribution in [2.75, 3.05) is 0 Å². The fraction of sp³-hybridized carbons (Fsp3) is 0.111. The van der Waals surface area contributed by atoms with Crippen molar-refractivity contribution in [2.45, 2.75) is 12.3 Å². The molecule has 1 aromatic heterocycles. The molecule has 2 aromatic carbocycles. The van der Waals surface area contributed by atoms with Gasteiger partial charge >= 0.3 is 11.6 Å². The number of halogens is 2. The molecule has 3 aromatic rings. The highest BCUT2D eigenvalue weighted by molar-refractivity contribution is 6.42. The Morgan fingerprint density at radius 3 is 2.52 bits per heavy atom. The van der Waals surface area contributed by atoms with E-state index in [1.165, 1.54) is 12.1 Å². The number of aromatic hydroxyl groups is 1. The molecular weight excluding hydrogens is 367 g/mol. The van der Waals surface area contributed by atoms with E-state index in [2.05, 4.69) is 0 Å². The maximum absolute atomic E-state index is 12.4. The molecule has 0 aliphatic carbocycles. The molecular formula is C18H12Cl2O5. The average molecular weight is 379 g/mol. The molecule has 3 rings (SSSR count). The van der Waals surface area contributed by atoms with E-state index in [1.807, 2.05) is 0 Å². The van der Waals surface area contributed by atoms with Crippen molar-refractivity contribution in [2.24, 2.45) is 0 Å². The second kappa shape index (κ2) is 6.78. The van der Waals surface area contributed by atoms with Gasteiger partial charge in [0.25, 0.3) is 0 Å². The van der Waals surface area contributed by atoms with Gasteiger partial charge in [0.2, 0.25) is 0 Å². The summed E-state index contributed by atoms with van der Waals surface area (Å²) in [5.41, 5.74) is -0.264. The Hall–Kier alpha value is -2.50. The van der Waals surface area contributed by atoms with E-state index in [-0.39, 0.29) is 21.9 Å². The van der Waals surface area contributed by atoms with E-state index in [0.29, 0.717) is 16.0 Å². The van der Waals surface area contributed by atoms with E-state index in [1.54, 1.807) is 30.3 Å². The van der Waals surface area contributed by atoms with Crippen LogP contribution in [0.25, 0.3) is 11.0 Å². The molecule has 7 heteroatoms. The molecule has 0 amide bonds. The van der Waals surface area contributed by atoms with E-state index < -0.39 is 23.9 Å². The maximum atomic E-state index is 12.4. The summed E-state index contributed by atoms with van der Waals surface area (Å²) in [6, 6.07) is 11.0. The summed E-state index contributed by atoms with van der Waals surface area (Å²) in [5, 5.41) is 20.7. The quantitative estimate of drug-likeness (QED) is 0.656. The first-order valence-corrected chi connectivity index (χ1v) is 8.05. The monoisotopic (exact) mass is 378 g/mol. The lowest BCUT2D eigenvalue weighted by atomic mass is 9.88. The topological polar surface area (TPSA) is 87.7 Å². The SMILES string of the molecule is O=C(O)CC(c1ccc(Cl)c(Cl)c1)c1c(O)c2ccccc2oc1=O. The number of fused-ring (bicyclic) bond motifs is 1. The third-order valence-corrected chi connectivity index (χ3v) is 4.63. The van der Waals surface area contributed by atoms with E-state index in [4.69, 9.17) is 27.6 Å². The van der Waals surface area contributed by atoms with Gasteiger partial charge < -0.3 is 14.6 Å². The standard InChI is InChI=1S/C18H12Cl2O5/c19-12-6-5-9(7-13(12)20)11(8-15(21)22)16-17(23)10-3-1-2-4-14(10)25-18(16)24/h1-7,11,23H,8H2,(H,21,22). The summed E-state index contributed by atoms with van der Waals surface area (Å²) in [5.74, 6) is -2.37. The Bertz CT molecular complexity index is 1030. The van der Waals surface area contributed by atoms with Crippen molar-refractivity contribution in [3.63, 3.8) is 0 Å². The Balaban J connectivity index is 2.26. The first-order chi connectivity index (χ1) is 11.9. The number of benzene rings is 2. The summed E-state index contributed by atoms with van der Waals surface area (Å²) in [6.07, 6.45) is -0.422. The van der Waals surface area contributed by atoms with Crippen LogP contribution in [0.3, 0.4) is 0 Å². The van der Waals surface area contributed by atoms with Gasteiger partial charge in [-0.2, -0.15) is 0 Å². The van der Waals surface area contributed by atoms with Crippen LogP contribution in [0.5, 0.6) is 5.75 Å². The molecule has 1 unspecified atom stereocenters. The van der Waals surface area contributed by atoms with Crippen molar-refractivity contribution in [3.8, 4) is 5.75 Å². The van der Waals surface area contributed by atoms with Crippen LogP contribution in [0.1, 0.15) is 23.5 Å². The number of carbonyl (C=O) groups is 1. The fourth-order valence-electron chi connectivity index (χ4n) is 2.75. The molecule has 128 valence electrons. The molecule has 25 heavy (non-hydrogen) atoms. The second-order valence-electron chi connectivity index (χ2n) is 5.47. The molecule has 5 nitrogen and oxygen atoms in total. The summed E-state index contributed by atoms with van der Waals surface area (Å²) in [4.78, 5) is 23.7. The lowest BCUT2D eigenvalue weighted by Crippen LogP contribution is -2.17. The fourth-order valence-corrected chi connectivity index (χ4v) is 3.05. The maximum Gasteiger partial charge on any atom is 0.343 e. The third kappa shape index (κ3) is 3.34. The van der Waals surface area contributed by atoms with Crippen LogP contribution >= 0.6 is 23.2 Å². The van der Waals surface area contributed by atoms with Crippen LogP contribution < -0.4 is 5.63 Å². The van der Waals surface area contributed by atoms with Gasteiger partial charge in [-0.25, -0.2) is 4.79 Å². The van der Waals surface area contributed by atoms with E-state index in [9.17, 15) is 19.8 Å². The summed E-state index contributed by atoms with van der Waals surface area (Å²) in [6.45, 7) is 0. The minimum absolute atomic E-state index is 0.125. The lowest BCUT2D eigenvalue weighted by molar-refractivity contribution is -0.137. The highest BCUT2D eigenvalue weighted by atomic mass is 35.5. The van der Waals surface area contributed by atoms with Crippen molar-refractivity contribution < 1.29 is 19.4 Å². The number of rotatable bonds is 4. The Morgan fingerprint density at radius 2 is 1.84 bits per heavy atom. The van der Waals surface area contributed by atoms with Gasteiger partial charge in [-0.05, 0) is 29.8 Å². The van der Waals surface area contributed by atoms with Crippen LogP contribution in [-0.2, 0) is 4.79 Å². The summed E-state index contributed by atoms with van der Waals surface area (Å²) >= 11 is 11.9. The van der Waals surface area contributed by atoms with E-state index in [0.717, 1.165) is 0 Å². The Kier molecular flexibility index (Phi) is 4.70. The summed E-state index contributed by atoms with van der Waals surface area (Å²) < 4.78 is 5.24. The molecule has 0 saturated heterocycles. The minimum atomic E-state index is -1.14. The zero-order valence-corrected chi connectivity index (χ0v) is 14.2. The molecule has 0 radical (unpaired) electrons. The normalized spacial score (nSPS) is 12.2. The number of hydrogen-bond donors (Lipinski definition) is 2. The van der Waals surface area contributed by atoms with Crippen LogP contribution in [0.15, 0.2) is 51.7 Å². The van der Waals surface area contributed by atoms with Gasteiger partial charge in [0.05, 0.1) is 27.4 Å². The molecule has 0 saturated carbocycles. The van der Waals surface area contributed by atoms with E-state index >= 15 is 0 Å². The Labute approximate surface area is 152 Å². The Morgan fingerprint density at radius 1 is 1.12 bits per heavy atom. The van der Waals surface area contributed by atoms with Crippen LogP contribution in [0.4, 0.5) is 0 Å². The smallest absolute Gasteiger partial charge is 0.343 e. The van der Waals surface area contributed by atoms with Crippen molar-refractivity contribution >= 4 is 40.1 Å². The molecule has 1 atom stereocenters. The molecule has 0 fully saturated rings. The number of aliphatic carboxylic acids is 1. The molecule has 0 bridgehead atoms. The third-order valence-electron chi connectivity index (χ3n) is 3.89. The predicted molar refractivity (Wildman–Crippen MR) is 94.7 cm³/mol. The zero-order chi connectivity index (χ0) is 18.1. The van der Waals surface area contributed by atoms with Gasteiger partial charge in [0.1, 0.15) is 11.3 Å². The van der Waals surface area contributed by atoms with Crippen LogP contribution in [-0.4, -0.2) is 16.2 Å². The molecule has 0 aliphatic heterocycles. The lowest BCUT2D eigenvalue weighted by Gasteiger charge is -2.17. The molecule has 0 spiro atoms. The number of hydrogen-bond acceptors (Lipinski definition) is 4. The van der Waals surface area contributed by atoms with Gasteiger partial charge in [-0.3, -0.25) is 4.79 Å². The number of carboxylic acids is 1. The van der Waals surface area contributed by atoms with Crippen LogP contribution in [0.2, 0.25) is 10.0 Å². The first kappa shape index (κ1) is 17.3. The van der Waals surface area contributed by atoms with Crippen molar-refractivity contribution in [3.05, 3.63) is 74.1 Å². The van der Waals surface area contributed by atoms with Gasteiger partial charge in [-0.15, -0.1) is 0 Å². The average Bonchev–Trinajstić information content (AvgIpc) is 2.56. The first-order valence-electron chi connectivity index (χ1n) is 7.30.